The largest absolute Gasteiger partial charge is 0.383 e. The second-order valence-electron chi connectivity index (χ2n) is 5.42. The highest BCUT2D eigenvalue weighted by Gasteiger charge is 2.13. The van der Waals surface area contributed by atoms with Gasteiger partial charge in [0.1, 0.15) is 5.82 Å². The Balaban J connectivity index is 1.94. The molecule has 2 aromatic carbocycles. The molecule has 0 spiro atoms. The van der Waals surface area contributed by atoms with Crippen molar-refractivity contribution in [3.8, 4) is 0 Å². The molecule has 0 atom stereocenters. The molecular formula is C19H22FNO2. The number of ether oxygens (including phenoxy) is 1. The predicted molar refractivity (Wildman–Crippen MR) is 88.5 cm³/mol. The van der Waals surface area contributed by atoms with Crippen LogP contribution in [0.1, 0.15) is 17.5 Å². The van der Waals surface area contributed by atoms with E-state index in [0.717, 1.165) is 11.1 Å². The number of halogens is 1. The molecule has 122 valence electrons. The summed E-state index contributed by atoms with van der Waals surface area (Å²) < 4.78 is 18.0. The third-order valence-electron chi connectivity index (χ3n) is 3.68. The maximum absolute atomic E-state index is 12.9. The lowest BCUT2D eigenvalue weighted by atomic mass is 10.1. The van der Waals surface area contributed by atoms with E-state index in [0.29, 0.717) is 32.5 Å². The van der Waals surface area contributed by atoms with Crippen molar-refractivity contribution < 1.29 is 13.9 Å². The Morgan fingerprint density at radius 2 is 1.74 bits per heavy atom. The van der Waals surface area contributed by atoms with E-state index in [4.69, 9.17) is 4.74 Å². The van der Waals surface area contributed by atoms with Gasteiger partial charge in [-0.3, -0.25) is 4.79 Å². The molecule has 0 heterocycles. The van der Waals surface area contributed by atoms with Crippen molar-refractivity contribution >= 4 is 5.91 Å². The highest BCUT2D eigenvalue weighted by Crippen LogP contribution is 2.10. The first-order valence-electron chi connectivity index (χ1n) is 7.74. The van der Waals surface area contributed by atoms with Crippen LogP contribution >= 0.6 is 0 Å². The van der Waals surface area contributed by atoms with Crippen LogP contribution in [0, 0.1) is 5.82 Å². The standard InChI is InChI=1S/C19H22FNO2/c1-23-14-13-21(15-17-5-3-2-4-6-17)19(22)12-9-16-7-10-18(20)11-8-16/h2-8,10-11H,9,12-15H2,1H3. The average Bonchev–Trinajstić information content (AvgIpc) is 2.58. The van der Waals surface area contributed by atoms with E-state index in [2.05, 4.69) is 0 Å². The first-order chi connectivity index (χ1) is 11.2. The molecule has 0 aliphatic rings. The number of benzene rings is 2. The number of rotatable bonds is 8. The Labute approximate surface area is 136 Å². The van der Waals surface area contributed by atoms with Crippen molar-refractivity contribution in [1.29, 1.82) is 0 Å². The smallest absolute Gasteiger partial charge is 0.223 e. The molecule has 0 radical (unpaired) electrons. The van der Waals surface area contributed by atoms with Gasteiger partial charge in [0.05, 0.1) is 6.61 Å². The van der Waals surface area contributed by atoms with Gasteiger partial charge in [0.15, 0.2) is 0 Å². The van der Waals surface area contributed by atoms with Crippen LogP contribution < -0.4 is 0 Å². The van der Waals surface area contributed by atoms with Gasteiger partial charge in [0.2, 0.25) is 5.91 Å². The van der Waals surface area contributed by atoms with Crippen LogP contribution in [0.5, 0.6) is 0 Å². The molecule has 0 saturated heterocycles. The van der Waals surface area contributed by atoms with Crippen LogP contribution in [0.25, 0.3) is 0 Å². The summed E-state index contributed by atoms with van der Waals surface area (Å²) in [6.07, 6.45) is 1.01. The molecule has 0 aromatic heterocycles. The van der Waals surface area contributed by atoms with Crippen molar-refractivity contribution in [1.82, 2.24) is 4.90 Å². The van der Waals surface area contributed by atoms with Crippen molar-refractivity contribution in [2.75, 3.05) is 20.3 Å². The quantitative estimate of drug-likeness (QED) is 0.747. The maximum Gasteiger partial charge on any atom is 0.223 e. The lowest BCUT2D eigenvalue weighted by Crippen LogP contribution is -2.33. The number of carbonyl (C=O) groups excluding carboxylic acids is 1. The van der Waals surface area contributed by atoms with Crippen LogP contribution in [0.4, 0.5) is 4.39 Å². The fourth-order valence-electron chi connectivity index (χ4n) is 2.36. The van der Waals surface area contributed by atoms with Crippen LogP contribution in [0.2, 0.25) is 0 Å². The Bertz CT molecular complexity index is 599. The monoisotopic (exact) mass is 315 g/mol. The maximum atomic E-state index is 12.9. The minimum atomic E-state index is -0.258. The normalized spacial score (nSPS) is 10.5. The van der Waals surface area contributed by atoms with Crippen LogP contribution in [-0.4, -0.2) is 31.1 Å². The van der Waals surface area contributed by atoms with Gasteiger partial charge in [-0.05, 0) is 29.7 Å². The van der Waals surface area contributed by atoms with Crippen molar-refractivity contribution in [3.05, 3.63) is 71.5 Å². The van der Waals surface area contributed by atoms with Gasteiger partial charge in [-0.2, -0.15) is 0 Å². The summed E-state index contributed by atoms with van der Waals surface area (Å²) in [5, 5.41) is 0. The number of hydrogen-bond acceptors (Lipinski definition) is 2. The molecule has 4 heteroatoms. The average molecular weight is 315 g/mol. The van der Waals surface area contributed by atoms with Crippen molar-refractivity contribution in [2.24, 2.45) is 0 Å². The lowest BCUT2D eigenvalue weighted by Gasteiger charge is -2.22. The molecule has 0 N–H and O–H groups in total. The van der Waals surface area contributed by atoms with Gasteiger partial charge in [0, 0.05) is 26.6 Å². The minimum Gasteiger partial charge on any atom is -0.383 e. The third kappa shape index (κ3) is 5.83. The fourth-order valence-corrected chi connectivity index (χ4v) is 2.36. The summed E-state index contributed by atoms with van der Waals surface area (Å²) >= 11 is 0. The summed E-state index contributed by atoms with van der Waals surface area (Å²) in [4.78, 5) is 14.3. The van der Waals surface area contributed by atoms with Gasteiger partial charge >= 0.3 is 0 Å². The third-order valence-corrected chi connectivity index (χ3v) is 3.68. The molecule has 0 bridgehead atoms. The number of nitrogens with zero attached hydrogens (tertiary/aromatic N) is 1. The van der Waals surface area contributed by atoms with Crippen molar-refractivity contribution in [2.45, 2.75) is 19.4 Å². The fraction of sp³-hybridized carbons (Fsp3) is 0.316. The Kier molecular flexibility index (Phi) is 6.76. The van der Waals surface area contributed by atoms with Crippen LogP contribution in [0.15, 0.2) is 54.6 Å². The van der Waals surface area contributed by atoms with Gasteiger partial charge in [-0.25, -0.2) is 4.39 Å². The van der Waals surface area contributed by atoms with E-state index in [1.54, 1.807) is 19.2 Å². The number of methoxy groups -OCH3 is 1. The zero-order chi connectivity index (χ0) is 16.5. The topological polar surface area (TPSA) is 29.5 Å². The molecule has 2 rings (SSSR count). The molecule has 3 nitrogen and oxygen atoms in total. The summed E-state index contributed by atoms with van der Waals surface area (Å²) in [7, 11) is 1.63. The van der Waals surface area contributed by atoms with E-state index in [1.165, 1.54) is 12.1 Å². The molecule has 0 fully saturated rings. The van der Waals surface area contributed by atoms with Gasteiger partial charge < -0.3 is 9.64 Å². The first-order valence-corrected chi connectivity index (χ1v) is 7.74. The Morgan fingerprint density at radius 3 is 2.39 bits per heavy atom. The Hall–Kier alpha value is -2.20. The second kappa shape index (κ2) is 9.06. The lowest BCUT2D eigenvalue weighted by molar-refractivity contribution is -0.132. The number of amides is 1. The zero-order valence-corrected chi connectivity index (χ0v) is 13.4. The van der Waals surface area contributed by atoms with E-state index in [9.17, 15) is 9.18 Å². The molecule has 1 amide bonds. The van der Waals surface area contributed by atoms with E-state index in [1.807, 2.05) is 35.2 Å². The predicted octanol–water partition coefficient (Wildman–Crippen LogP) is 3.43. The van der Waals surface area contributed by atoms with E-state index >= 15 is 0 Å². The highest BCUT2D eigenvalue weighted by molar-refractivity contribution is 5.76. The van der Waals surface area contributed by atoms with Crippen molar-refractivity contribution in [3.63, 3.8) is 0 Å². The summed E-state index contributed by atoms with van der Waals surface area (Å²) in [5.41, 5.74) is 2.06. The summed E-state index contributed by atoms with van der Waals surface area (Å²) in [6.45, 7) is 1.65. The van der Waals surface area contributed by atoms with Gasteiger partial charge in [-0.15, -0.1) is 0 Å². The first kappa shape index (κ1) is 17.2. The van der Waals surface area contributed by atoms with Gasteiger partial charge in [0.25, 0.3) is 0 Å². The van der Waals surface area contributed by atoms with E-state index in [-0.39, 0.29) is 11.7 Å². The molecule has 0 saturated carbocycles. The van der Waals surface area contributed by atoms with E-state index < -0.39 is 0 Å². The number of hydrogen-bond donors (Lipinski definition) is 0. The molecule has 0 aliphatic heterocycles. The van der Waals surface area contributed by atoms with Crippen LogP contribution in [0.3, 0.4) is 0 Å². The number of carbonyl (C=O) groups is 1. The molecular weight excluding hydrogens is 293 g/mol. The zero-order valence-electron chi connectivity index (χ0n) is 13.4. The second-order valence-corrected chi connectivity index (χ2v) is 5.42. The SMILES string of the molecule is COCCN(Cc1ccccc1)C(=O)CCc1ccc(F)cc1. The highest BCUT2D eigenvalue weighted by atomic mass is 19.1. The molecule has 0 unspecified atom stereocenters. The molecule has 23 heavy (non-hydrogen) atoms. The minimum absolute atomic E-state index is 0.0789. The van der Waals surface area contributed by atoms with Crippen LogP contribution in [-0.2, 0) is 22.5 Å². The molecule has 0 aliphatic carbocycles. The number of aryl methyl sites for hydroxylation is 1. The van der Waals surface area contributed by atoms with Gasteiger partial charge in [-0.1, -0.05) is 42.5 Å². The summed E-state index contributed by atoms with van der Waals surface area (Å²) in [6, 6.07) is 16.2. The molecule has 2 aromatic rings. The Morgan fingerprint density at radius 1 is 1.04 bits per heavy atom. The summed E-state index contributed by atoms with van der Waals surface area (Å²) in [5.74, 6) is -0.180.